The van der Waals surface area contributed by atoms with Crippen LogP contribution in [0.2, 0.25) is 0 Å². The van der Waals surface area contributed by atoms with Crippen LogP contribution in [0.15, 0.2) is 12.1 Å². The van der Waals surface area contributed by atoms with Crippen LogP contribution in [0, 0.1) is 12.7 Å². The second kappa shape index (κ2) is 5.27. The van der Waals surface area contributed by atoms with E-state index in [9.17, 15) is 4.39 Å². The highest BCUT2D eigenvalue weighted by Crippen LogP contribution is 2.36. The number of nitrogens with zero attached hydrogens (tertiary/aromatic N) is 1. The quantitative estimate of drug-likeness (QED) is 0.866. The fourth-order valence-corrected chi connectivity index (χ4v) is 2.42. The van der Waals surface area contributed by atoms with Crippen molar-refractivity contribution in [3.8, 4) is 0 Å². The van der Waals surface area contributed by atoms with Crippen LogP contribution in [-0.2, 0) is 0 Å². The first kappa shape index (κ1) is 13.3. The topological polar surface area (TPSA) is 29.3 Å². The zero-order chi connectivity index (χ0) is 13.3. The van der Waals surface area contributed by atoms with Crippen LogP contribution in [-0.4, -0.2) is 12.6 Å². The summed E-state index contributed by atoms with van der Waals surface area (Å²) in [6.45, 7) is 6.94. The summed E-state index contributed by atoms with van der Waals surface area (Å²) in [5.74, 6) is -0.154. The van der Waals surface area contributed by atoms with Crippen molar-refractivity contribution in [2.75, 3.05) is 11.4 Å². The molecule has 1 aliphatic carbocycles. The molecule has 1 fully saturated rings. The lowest BCUT2D eigenvalue weighted by Crippen LogP contribution is -2.28. The average Bonchev–Trinajstić information content (AvgIpc) is 3.13. The summed E-state index contributed by atoms with van der Waals surface area (Å²) in [6, 6.07) is 4.07. The van der Waals surface area contributed by atoms with E-state index in [2.05, 4.69) is 11.8 Å². The van der Waals surface area contributed by atoms with Crippen molar-refractivity contribution < 1.29 is 4.39 Å². The molecule has 0 heterocycles. The van der Waals surface area contributed by atoms with Gasteiger partial charge in [-0.2, -0.15) is 0 Å². The number of hydrogen-bond donors (Lipinski definition) is 1. The summed E-state index contributed by atoms with van der Waals surface area (Å²) in [6.07, 6.45) is 3.59. The van der Waals surface area contributed by atoms with E-state index in [1.54, 1.807) is 6.07 Å². The van der Waals surface area contributed by atoms with E-state index >= 15 is 0 Å². The number of aryl methyl sites for hydroxylation is 1. The average molecular weight is 250 g/mol. The van der Waals surface area contributed by atoms with Crippen LogP contribution in [0.5, 0.6) is 0 Å². The number of hydrogen-bond acceptors (Lipinski definition) is 2. The van der Waals surface area contributed by atoms with Gasteiger partial charge >= 0.3 is 0 Å². The van der Waals surface area contributed by atoms with E-state index in [4.69, 9.17) is 5.73 Å². The van der Waals surface area contributed by atoms with Crippen molar-refractivity contribution in [1.82, 2.24) is 0 Å². The van der Waals surface area contributed by atoms with Crippen molar-refractivity contribution in [1.29, 1.82) is 0 Å². The summed E-state index contributed by atoms with van der Waals surface area (Å²) in [4.78, 5) is 2.41. The molecule has 100 valence electrons. The van der Waals surface area contributed by atoms with Gasteiger partial charge in [0.2, 0.25) is 0 Å². The highest BCUT2D eigenvalue weighted by Gasteiger charge is 2.30. The molecule has 1 aliphatic rings. The van der Waals surface area contributed by atoms with Gasteiger partial charge in [-0.25, -0.2) is 4.39 Å². The maximum Gasteiger partial charge on any atom is 0.126 e. The Bertz CT molecular complexity index is 425. The Labute approximate surface area is 109 Å². The molecule has 0 radical (unpaired) electrons. The van der Waals surface area contributed by atoms with Gasteiger partial charge in [0.15, 0.2) is 0 Å². The Morgan fingerprint density at radius 2 is 2.11 bits per heavy atom. The highest BCUT2D eigenvalue weighted by molar-refractivity contribution is 5.58. The van der Waals surface area contributed by atoms with Gasteiger partial charge in [-0.05, 0) is 56.4 Å². The van der Waals surface area contributed by atoms with Crippen LogP contribution in [0.25, 0.3) is 0 Å². The molecule has 1 aromatic carbocycles. The molecule has 0 amide bonds. The van der Waals surface area contributed by atoms with Crippen LogP contribution in [0.1, 0.15) is 50.3 Å². The van der Waals surface area contributed by atoms with Gasteiger partial charge in [-0.3, -0.25) is 0 Å². The Morgan fingerprint density at radius 1 is 1.44 bits per heavy atom. The van der Waals surface area contributed by atoms with Gasteiger partial charge in [0, 0.05) is 24.3 Å². The van der Waals surface area contributed by atoms with Gasteiger partial charge in [0.05, 0.1) is 0 Å². The lowest BCUT2D eigenvalue weighted by Gasteiger charge is -2.28. The molecular weight excluding hydrogens is 227 g/mol. The highest BCUT2D eigenvalue weighted by atomic mass is 19.1. The predicted molar refractivity (Wildman–Crippen MR) is 74.4 cm³/mol. The number of nitrogens with two attached hydrogens (primary N) is 1. The second-order valence-corrected chi connectivity index (χ2v) is 5.37. The Morgan fingerprint density at radius 3 is 2.61 bits per heavy atom. The first-order chi connectivity index (χ1) is 8.54. The molecular formula is C15H23FN2. The first-order valence-corrected chi connectivity index (χ1v) is 6.86. The normalized spacial score (nSPS) is 16.7. The summed E-state index contributed by atoms with van der Waals surface area (Å²) < 4.78 is 13.7. The fraction of sp³-hybridized carbons (Fsp3) is 0.600. The molecule has 0 bridgehead atoms. The molecule has 1 unspecified atom stereocenters. The maximum atomic E-state index is 13.7. The van der Waals surface area contributed by atoms with Crippen molar-refractivity contribution in [3.63, 3.8) is 0 Å². The molecule has 2 nitrogen and oxygen atoms in total. The van der Waals surface area contributed by atoms with E-state index in [1.807, 2.05) is 19.9 Å². The third-order valence-corrected chi connectivity index (χ3v) is 3.56. The third kappa shape index (κ3) is 2.66. The first-order valence-electron chi connectivity index (χ1n) is 6.86. The van der Waals surface area contributed by atoms with E-state index in [0.717, 1.165) is 24.2 Å². The molecule has 0 aromatic heterocycles. The molecule has 3 heteroatoms. The molecule has 2 N–H and O–H groups in total. The van der Waals surface area contributed by atoms with Crippen LogP contribution in [0.4, 0.5) is 10.1 Å². The number of rotatable bonds is 5. The van der Waals surface area contributed by atoms with E-state index < -0.39 is 0 Å². The lowest BCUT2D eigenvalue weighted by molar-refractivity contribution is 0.611. The van der Waals surface area contributed by atoms with Crippen molar-refractivity contribution >= 4 is 5.69 Å². The summed E-state index contributed by atoms with van der Waals surface area (Å²) in [7, 11) is 0. The van der Waals surface area contributed by atoms with E-state index in [0.29, 0.717) is 11.6 Å². The zero-order valence-corrected chi connectivity index (χ0v) is 11.5. The van der Waals surface area contributed by atoms with Gasteiger partial charge in [0.25, 0.3) is 0 Å². The summed E-state index contributed by atoms with van der Waals surface area (Å²) >= 11 is 0. The van der Waals surface area contributed by atoms with Crippen molar-refractivity contribution in [2.24, 2.45) is 5.73 Å². The molecule has 0 spiro atoms. The van der Waals surface area contributed by atoms with Gasteiger partial charge < -0.3 is 10.6 Å². The molecule has 2 rings (SSSR count). The number of anilines is 1. The molecule has 18 heavy (non-hydrogen) atoms. The zero-order valence-electron chi connectivity index (χ0n) is 11.5. The minimum absolute atomic E-state index is 0.131. The molecule has 0 aliphatic heterocycles. The molecule has 1 atom stereocenters. The van der Waals surface area contributed by atoms with Gasteiger partial charge in [-0.15, -0.1) is 0 Å². The minimum atomic E-state index is -0.154. The third-order valence-electron chi connectivity index (χ3n) is 3.56. The Hall–Kier alpha value is -1.09. The molecule has 0 saturated heterocycles. The maximum absolute atomic E-state index is 13.7. The van der Waals surface area contributed by atoms with E-state index in [1.165, 1.54) is 12.8 Å². The van der Waals surface area contributed by atoms with Crippen molar-refractivity contribution in [3.05, 3.63) is 29.1 Å². The summed E-state index contributed by atoms with van der Waals surface area (Å²) in [5, 5.41) is 0. The lowest BCUT2D eigenvalue weighted by atomic mass is 10.0. The monoisotopic (exact) mass is 250 g/mol. The van der Waals surface area contributed by atoms with Gasteiger partial charge in [0.1, 0.15) is 5.82 Å². The second-order valence-electron chi connectivity index (χ2n) is 5.37. The largest absolute Gasteiger partial charge is 0.368 e. The summed E-state index contributed by atoms with van der Waals surface area (Å²) in [5.41, 5.74) is 8.76. The van der Waals surface area contributed by atoms with Crippen LogP contribution >= 0.6 is 0 Å². The molecule has 1 aromatic rings. The van der Waals surface area contributed by atoms with Gasteiger partial charge in [-0.1, -0.05) is 6.92 Å². The smallest absolute Gasteiger partial charge is 0.126 e. The van der Waals surface area contributed by atoms with Crippen LogP contribution in [0.3, 0.4) is 0 Å². The standard InChI is InChI=1S/C15H23FN2/c1-4-7-18(12-5-6-12)15-8-10(2)14(16)9-13(15)11(3)17/h8-9,11-12H,4-7,17H2,1-3H3. The number of halogens is 1. The Balaban J connectivity index is 2.42. The number of benzene rings is 1. The van der Waals surface area contributed by atoms with Crippen molar-refractivity contribution in [2.45, 2.75) is 52.1 Å². The van der Waals surface area contributed by atoms with E-state index in [-0.39, 0.29) is 11.9 Å². The minimum Gasteiger partial charge on any atom is -0.368 e. The predicted octanol–water partition coefficient (Wildman–Crippen LogP) is 3.53. The Kier molecular flexibility index (Phi) is 3.91. The SMILES string of the molecule is CCCN(c1cc(C)c(F)cc1C(C)N)C1CC1. The fourth-order valence-electron chi connectivity index (χ4n) is 2.42. The van der Waals surface area contributed by atoms with Crippen LogP contribution < -0.4 is 10.6 Å². The molecule has 1 saturated carbocycles.